The molecular weight excluding hydrogens is 391 g/mol. The first-order valence-electron chi connectivity index (χ1n) is 8.59. The van der Waals surface area contributed by atoms with Crippen molar-refractivity contribution in [3.8, 4) is 11.3 Å². The molecule has 0 spiro atoms. The molecule has 0 radical (unpaired) electrons. The summed E-state index contributed by atoms with van der Waals surface area (Å²) < 4.78 is 25.3. The fourth-order valence-electron chi connectivity index (χ4n) is 2.47. The first-order chi connectivity index (χ1) is 13.4. The number of aromatic nitrogens is 2. The quantitative estimate of drug-likeness (QED) is 0.478. The lowest BCUT2D eigenvalue weighted by atomic mass is 10.1. The molecule has 2 rings (SSSR count). The van der Waals surface area contributed by atoms with E-state index in [-0.39, 0.29) is 25.3 Å². The number of benzene rings is 1. The maximum absolute atomic E-state index is 14.1. The zero-order valence-corrected chi connectivity index (χ0v) is 16.3. The lowest BCUT2D eigenvalue weighted by molar-refractivity contribution is -0.146. The van der Waals surface area contributed by atoms with Crippen molar-refractivity contribution in [1.82, 2.24) is 15.1 Å². The first kappa shape index (κ1) is 21.8. The van der Waals surface area contributed by atoms with Crippen LogP contribution >= 0.6 is 11.6 Å². The minimum Gasteiger partial charge on any atom is -0.462 e. The van der Waals surface area contributed by atoms with Crippen LogP contribution in [0, 0.1) is 5.82 Å². The number of ether oxygens (including phenoxy) is 2. The number of nitrogens with two attached hydrogens (primary N) is 1. The Morgan fingerprint density at radius 1 is 1.36 bits per heavy atom. The maximum atomic E-state index is 14.1. The molecule has 1 amide bonds. The van der Waals surface area contributed by atoms with E-state index < -0.39 is 23.7 Å². The van der Waals surface area contributed by atoms with Gasteiger partial charge in [-0.15, -0.1) is 0 Å². The van der Waals surface area contributed by atoms with E-state index in [0.717, 1.165) is 6.07 Å². The van der Waals surface area contributed by atoms with Gasteiger partial charge in [-0.25, -0.2) is 4.39 Å². The molecule has 1 aromatic carbocycles. The van der Waals surface area contributed by atoms with E-state index in [4.69, 9.17) is 26.8 Å². The van der Waals surface area contributed by atoms with Crippen molar-refractivity contribution in [1.29, 1.82) is 0 Å². The third kappa shape index (κ3) is 5.51. The van der Waals surface area contributed by atoms with Crippen molar-refractivity contribution in [2.45, 2.75) is 19.5 Å². The molecule has 2 aromatic rings. The second kappa shape index (κ2) is 10.2. The third-order valence-electron chi connectivity index (χ3n) is 3.84. The monoisotopic (exact) mass is 412 g/mol. The van der Waals surface area contributed by atoms with E-state index in [1.807, 2.05) is 6.92 Å². The smallest absolute Gasteiger partial charge is 0.324 e. The Labute approximate surface area is 166 Å². The largest absolute Gasteiger partial charge is 0.462 e. The number of methoxy groups -OCH3 is 1. The Bertz CT molecular complexity index is 843. The number of aryl methyl sites for hydroxylation is 1. The molecule has 0 aliphatic rings. The summed E-state index contributed by atoms with van der Waals surface area (Å²) in [7, 11) is 1.47. The Kier molecular flexibility index (Phi) is 7.91. The van der Waals surface area contributed by atoms with Gasteiger partial charge in [-0.05, 0) is 25.1 Å². The van der Waals surface area contributed by atoms with Crippen molar-refractivity contribution in [3.05, 3.63) is 40.8 Å². The molecule has 28 heavy (non-hydrogen) atoms. The highest BCUT2D eigenvalue weighted by atomic mass is 35.5. The Morgan fingerprint density at radius 2 is 2.11 bits per heavy atom. The number of carbonyl (C=O) groups is 2. The molecule has 1 aromatic heterocycles. The number of rotatable bonds is 9. The van der Waals surface area contributed by atoms with Gasteiger partial charge in [0.05, 0.1) is 23.5 Å². The summed E-state index contributed by atoms with van der Waals surface area (Å²) in [5.41, 5.74) is 6.68. The molecule has 0 fully saturated rings. The van der Waals surface area contributed by atoms with E-state index in [9.17, 15) is 14.0 Å². The van der Waals surface area contributed by atoms with E-state index in [0.29, 0.717) is 22.8 Å². The van der Waals surface area contributed by atoms with Gasteiger partial charge in [-0.2, -0.15) is 5.10 Å². The molecule has 0 aliphatic carbocycles. The number of carbonyl (C=O) groups excluding carboxylic acids is 2. The molecule has 3 N–H and O–H groups in total. The number of hydrogen-bond donors (Lipinski definition) is 2. The highest BCUT2D eigenvalue weighted by Crippen LogP contribution is 2.29. The first-order valence-corrected chi connectivity index (χ1v) is 8.96. The topological polar surface area (TPSA) is 108 Å². The van der Waals surface area contributed by atoms with Crippen molar-refractivity contribution in [2.75, 3.05) is 26.9 Å². The van der Waals surface area contributed by atoms with Crippen LogP contribution in [0.1, 0.15) is 17.3 Å². The summed E-state index contributed by atoms with van der Waals surface area (Å²) in [5, 5.41) is 6.95. The number of hydrogen-bond acceptors (Lipinski definition) is 6. The van der Waals surface area contributed by atoms with Crippen molar-refractivity contribution in [2.24, 2.45) is 5.73 Å². The zero-order valence-electron chi connectivity index (χ0n) is 15.6. The van der Waals surface area contributed by atoms with Crippen LogP contribution < -0.4 is 11.1 Å². The number of amides is 1. The molecule has 8 nitrogen and oxygen atoms in total. The molecule has 152 valence electrons. The molecular formula is C18H22ClFN4O4. The summed E-state index contributed by atoms with van der Waals surface area (Å²) >= 11 is 6.15. The molecule has 0 saturated heterocycles. The third-order valence-corrected chi connectivity index (χ3v) is 4.12. The maximum Gasteiger partial charge on any atom is 0.324 e. The summed E-state index contributed by atoms with van der Waals surface area (Å²) in [6.45, 7) is 2.54. The van der Waals surface area contributed by atoms with Crippen molar-refractivity contribution < 1.29 is 23.5 Å². The molecule has 0 bridgehead atoms. The van der Waals surface area contributed by atoms with E-state index in [1.54, 1.807) is 4.68 Å². The van der Waals surface area contributed by atoms with Crippen LogP contribution in [0.25, 0.3) is 11.3 Å². The fraction of sp³-hybridized carbons (Fsp3) is 0.389. The van der Waals surface area contributed by atoms with Crippen LogP contribution in [0.4, 0.5) is 4.39 Å². The molecule has 1 heterocycles. The highest BCUT2D eigenvalue weighted by molar-refractivity contribution is 6.33. The molecule has 0 aliphatic heterocycles. The number of esters is 1. The standard InChI is InChI=1S/C18H22ClFN4O4/c1-3-24-16(14(19)9-23-24)11-6-12(8-13(20)7-11)17(25)22-10-15(21)18(26)28-5-4-27-2/h6-9,15H,3-5,10,21H2,1-2H3,(H,22,25)/t15-/m1/s1. The molecule has 10 heteroatoms. The minimum absolute atomic E-state index is 0.0647. The summed E-state index contributed by atoms with van der Waals surface area (Å²) in [5.74, 6) is -1.86. The minimum atomic E-state index is -1.05. The average molecular weight is 413 g/mol. The van der Waals surface area contributed by atoms with Crippen LogP contribution in [0.15, 0.2) is 24.4 Å². The second-order valence-corrected chi connectivity index (χ2v) is 6.27. The molecule has 1 atom stereocenters. The number of nitrogens with zero attached hydrogens (tertiary/aromatic N) is 2. The van der Waals surface area contributed by atoms with Crippen molar-refractivity contribution in [3.63, 3.8) is 0 Å². The fourth-order valence-corrected chi connectivity index (χ4v) is 2.72. The lowest BCUT2D eigenvalue weighted by Crippen LogP contribution is -2.43. The van der Waals surface area contributed by atoms with Gasteiger partial charge < -0.3 is 20.5 Å². The van der Waals surface area contributed by atoms with Gasteiger partial charge in [0.15, 0.2) is 0 Å². The Morgan fingerprint density at radius 3 is 2.79 bits per heavy atom. The summed E-state index contributed by atoms with van der Waals surface area (Å²) in [6.07, 6.45) is 1.46. The summed E-state index contributed by atoms with van der Waals surface area (Å²) in [6, 6.07) is 2.80. The van der Waals surface area contributed by atoms with Gasteiger partial charge in [0.2, 0.25) is 0 Å². The second-order valence-electron chi connectivity index (χ2n) is 5.86. The predicted molar refractivity (Wildman–Crippen MR) is 101 cm³/mol. The van der Waals surface area contributed by atoms with Crippen molar-refractivity contribution >= 4 is 23.5 Å². The lowest BCUT2D eigenvalue weighted by Gasteiger charge is -2.13. The Hall–Kier alpha value is -2.49. The highest BCUT2D eigenvalue weighted by Gasteiger charge is 2.18. The van der Waals surface area contributed by atoms with Gasteiger partial charge in [0, 0.05) is 31.3 Å². The van der Waals surface area contributed by atoms with Gasteiger partial charge >= 0.3 is 5.97 Å². The van der Waals surface area contributed by atoms with Crippen LogP contribution in [0.5, 0.6) is 0 Å². The number of halogens is 2. The van der Waals surface area contributed by atoms with Crippen LogP contribution in [-0.4, -0.2) is 54.6 Å². The van der Waals surface area contributed by atoms with E-state index in [1.165, 1.54) is 25.4 Å². The number of nitrogens with one attached hydrogen (secondary N) is 1. The predicted octanol–water partition coefficient (Wildman–Crippen LogP) is 1.61. The Balaban J connectivity index is 2.09. The zero-order chi connectivity index (χ0) is 20.7. The molecule has 0 saturated carbocycles. The molecule has 0 unspecified atom stereocenters. The SMILES string of the molecule is CCn1ncc(Cl)c1-c1cc(F)cc(C(=O)NC[C@@H](N)C(=O)OCCOC)c1. The summed E-state index contributed by atoms with van der Waals surface area (Å²) in [4.78, 5) is 24.1. The van der Waals surface area contributed by atoms with Gasteiger partial charge in [-0.3, -0.25) is 14.3 Å². The average Bonchev–Trinajstić information content (AvgIpc) is 3.05. The van der Waals surface area contributed by atoms with Gasteiger partial charge in [0.1, 0.15) is 18.5 Å². The van der Waals surface area contributed by atoms with Gasteiger partial charge in [0.25, 0.3) is 5.91 Å². The van der Waals surface area contributed by atoms with Gasteiger partial charge in [-0.1, -0.05) is 11.6 Å². The van der Waals surface area contributed by atoms with E-state index >= 15 is 0 Å². The van der Waals surface area contributed by atoms with E-state index in [2.05, 4.69) is 10.4 Å². The van der Waals surface area contributed by atoms with Crippen LogP contribution in [0.2, 0.25) is 5.02 Å². The van der Waals surface area contributed by atoms with Crippen LogP contribution in [0.3, 0.4) is 0 Å². The van der Waals surface area contributed by atoms with Crippen LogP contribution in [-0.2, 0) is 20.8 Å². The normalized spacial score (nSPS) is 11.9.